The molecule has 4 nitrogen and oxygen atoms in total. The molecule has 1 aromatic rings. The van der Waals surface area contributed by atoms with Crippen molar-refractivity contribution >= 4 is 10.0 Å². The molecule has 6 heteroatoms. The molecule has 104 valence electrons. The van der Waals surface area contributed by atoms with E-state index in [1.54, 1.807) is 13.8 Å². The van der Waals surface area contributed by atoms with Gasteiger partial charge < -0.3 is 5.11 Å². The molecule has 0 amide bonds. The number of hydrogen-bond acceptors (Lipinski definition) is 3. The van der Waals surface area contributed by atoms with Crippen molar-refractivity contribution in [1.29, 1.82) is 0 Å². The maximum absolute atomic E-state index is 13.9. The molecule has 0 atom stereocenters. The van der Waals surface area contributed by atoms with E-state index in [9.17, 15) is 12.8 Å². The van der Waals surface area contributed by atoms with Crippen LogP contribution in [0.1, 0.15) is 19.4 Å². The zero-order valence-electron chi connectivity index (χ0n) is 10.9. The van der Waals surface area contributed by atoms with Crippen molar-refractivity contribution < 1.29 is 17.9 Å². The molecular formula is C13H16FNO3S. The number of sulfonamides is 1. The lowest BCUT2D eigenvalue weighted by molar-refractivity contribution is 0.350. The van der Waals surface area contributed by atoms with Gasteiger partial charge in [-0.05, 0) is 18.2 Å². The summed E-state index contributed by atoms with van der Waals surface area (Å²) < 4.78 is 39.4. The summed E-state index contributed by atoms with van der Waals surface area (Å²) >= 11 is 0. The van der Waals surface area contributed by atoms with Crippen LogP contribution in [0, 0.1) is 17.7 Å². The zero-order chi connectivity index (χ0) is 14.5. The second-order valence-electron chi connectivity index (χ2n) is 3.69. The molecule has 0 bridgehead atoms. The largest absolute Gasteiger partial charge is 0.384 e. The van der Waals surface area contributed by atoms with Gasteiger partial charge in [0, 0.05) is 18.7 Å². The van der Waals surface area contributed by atoms with Crippen LogP contribution in [0.3, 0.4) is 0 Å². The fourth-order valence-electron chi connectivity index (χ4n) is 1.63. The second kappa shape index (κ2) is 6.66. The summed E-state index contributed by atoms with van der Waals surface area (Å²) in [6.45, 7) is 3.62. The molecule has 1 rings (SSSR count). The van der Waals surface area contributed by atoms with E-state index >= 15 is 0 Å². The van der Waals surface area contributed by atoms with E-state index in [0.29, 0.717) is 5.56 Å². The highest BCUT2D eigenvalue weighted by molar-refractivity contribution is 7.89. The Hall–Kier alpha value is -1.42. The molecule has 0 aliphatic heterocycles. The van der Waals surface area contributed by atoms with E-state index in [1.165, 1.54) is 16.4 Å². The lowest BCUT2D eigenvalue weighted by atomic mass is 10.2. The first-order valence-electron chi connectivity index (χ1n) is 5.86. The van der Waals surface area contributed by atoms with Crippen molar-refractivity contribution in [2.45, 2.75) is 18.7 Å². The third-order valence-corrected chi connectivity index (χ3v) is 4.65. The van der Waals surface area contributed by atoms with E-state index in [4.69, 9.17) is 5.11 Å². The summed E-state index contributed by atoms with van der Waals surface area (Å²) in [5, 5.41) is 8.55. The minimum absolute atomic E-state index is 0.282. The van der Waals surface area contributed by atoms with Gasteiger partial charge in [0.25, 0.3) is 0 Å². The van der Waals surface area contributed by atoms with Crippen molar-refractivity contribution in [3.63, 3.8) is 0 Å². The highest BCUT2D eigenvalue weighted by Gasteiger charge is 2.24. The minimum Gasteiger partial charge on any atom is -0.384 e. The lowest BCUT2D eigenvalue weighted by Crippen LogP contribution is -2.31. The van der Waals surface area contributed by atoms with Crippen molar-refractivity contribution in [1.82, 2.24) is 4.31 Å². The summed E-state index contributed by atoms with van der Waals surface area (Å²) in [6.07, 6.45) is 0. The summed E-state index contributed by atoms with van der Waals surface area (Å²) in [5.41, 5.74) is 0.324. The van der Waals surface area contributed by atoms with Gasteiger partial charge in [0.1, 0.15) is 17.3 Å². The minimum atomic E-state index is -3.81. The zero-order valence-corrected chi connectivity index (χ0v) is 11.7. The highest BCUT2D eigenvalue weighted by atomic mass is 32.2. The Morgan fingerprint density at radius 3 is 2.42 bits per heavy atom. The molecule has 0 unspecified atom stereocenters. The van der Waals surface area contributed by atoms with Crippen LogP contribution in [0.2, 0.25) is 0 Å². The Labute approximate surface area is 112 Å². The molecule has 0 spiro atoms. The Kier molecular flexibility index (Phi) is 5.48. The fourth-order valence-corrected chi connectivity index (χ4v) is 3.14. The van der Waals surface area contributed by atoms with Gasteiger partial charge >= 0.3 is 0 Å². The molecule has 0 fully saturated rings. The normalized spacial score (nSPS) is 11.2. The predicted molar refractivity (Wildman–Crippen MR) is 70.5 cm³/mol. The number of rotatable bonds is 4. The van der Waals surface area contributed by atoms with Crippen LogP contribution in [0.15, 0.2) is 23.1 Å². The SMILES string of the molecule is CCN(CC)S(=O)(=O)c1ccc(C#CCO)cc1F. The number of hydrogen-bond donors (Lipinski definition) is 1. The first-order valence-corrected chi connectivity index (χ1v) is 7.30. The third-order valence-electron chi connectivity index (χ3n) is 2.57. The Morgan fingerprint density at radius 1 is 1.32 bits per heavy atom. The predicted octanol–water partition coefficient (Wildman–Crippen LogP) is 1.20. The Balaban J connectivity index is 3.23. The molecule has 0 saturated carbocycles. The monoisotopic (exact) mass is 285 g/mol. The number of nitrogens with zero attached hydrogens (tertiary/aromatic N) is 1. The van der Waals surface area contributed by atoms with Gasteiger partial charge in [-0.1, -0.05) is 25.7 Å². The number of halogens is 1. The Morgan fingerprint density at radius 2 is 1.95 bits per heavy atom. The van der Waals surface area contributed by atoms with Crippen LogP contribution in [0.25, 0.3) is 0 Å². The molecule has 0 aliphatic rings. The highest BCUT2D eigenvalue weighted by Crippen LogP contribution is 2.20. The van der Waals surface area contributed by atoms with Crippen LogP contribution in [-0.4, -0.2) is 37.5 Å². The molecule has 0 saturated heterocycles. The topological polar surface area (TPSA) is 57.6 Å². The van der Waals surface area contributed by atoms with Crippen molar-refractivity contribution in [3.8, 4) is 11.8 Å². The lowest BCUT2D eigenvalue weighted by Gasteiger charge is -2.18. The summed E-state index contributed by atoms with van der Waals surface area (Å²) in [7, 11) is -3.81. The van der Waals surface area contributed by atoms with Crippen LogP contribution >= 0.6 is 0 Å². The van der Waals surface area contributed by atoms with Crippen LogP contribution < -0.4 is 0 Å². The molecule has 0 heterocycles. The van der Waals surface area contributed by atoms with Crippen LogP contribution in [0.5, 0.6) is 0 Å². The number of aliphatic hydroxyl groups excluding tert-OH is 1. The number of aliphatic hydroxyl groups is 1. The number of benzene rings is 1. The van der Waals surface area contributed by atoms with Gasteiger partial charge in [-0.3, -0.25) is 0 Å². The molecule has 0 aliphatic carbocycles. The summed E-state index contributed by atoms with van der Waals surface area (Å²) in [5.74, 6) is 4.06. The first kappa shape index (κ1) is 15.6. The van der Waals surface area contributed by atoms with Gasteiger partial charge in [0.2, 0.25) is 10.0 Å². The molecule has 1 N–H and O–H groups in total. The maximum Gasteiger partial charge on any atom is 0.245 e. The van der Waals surface area contributed by atoms with Gasteiger partial charge in [-0.25, -0.2) is 12.8 Å². The van der Waals surface area contributed by atoms with E-state index in [-0.39, 0.29) is 24.6 Å². The molecule has 0 radical (unpaired) electrons. The second-order valence-corrected chi connectivity index (χ2v) is 5.60. The average Bonchev–Trinajstić information content (AvgIpc) is 2.37. The molecule has 0 aromatic heterocycles. The Bertz CT molecular complexity index is 598. The summed E-state index contributed by atoms with van der Waals surface area (Å²) in [4.78, 5) is -0.356. The van der Waals surface area contributed by atoms with E-state index in [0.717, 1.165) is 6.07 Å². The van der Waals surface area contributed by atoms with Gasteiger partial charge in [-0.15, -0.1) is 0 Å². The third kappa shape index (κ3) is 3.53. The average molecular weight is 285 g/mol. The van der Waals surface area contributed by atoms with Gasteiger partial charge in [0.15, 0.2) is 0 Å². The fraction of sp³-hybridized carbons (Fsp3) is 0.385. The maximum atomic E-state index is 13.9. The van der Waals surface area contributed by atoms with Crippen molar-refractivity contribution in [3.05, 3.63) is 29.6 Å². The van der Waals surface area contributed by atoms with Crippen molar-refractivity contribution in [2.24, 2.45) is 0 Å². The molecule has 19 heavy (non-hydrogen) atoms. The van der Waals surface area contributed by atoms with Crippen LogP contribution in [0.4, 0.5) is 4.39 Å². The quantitative estimate of drug-likeness (QED) is 0.846. The van der Waals surface area contributed by atoms with Gasteiger partial charge in [0.05, 0.1) is 0 Å². The van der Waals surface area contributed by atoms with Crippen LogP contribution in [-0.2, 0) is 10.0 Å². The van der Waals surface area contributed by atoms with E-state index < -0.39 is 15.8 Å². The van der Waals surface area contributed by atoms with E-state index in [2.05, 4.69) is 11.8 Å². The first-order chi connectivity index (χ1) is 8.97. The van der Waals surface area contributed by atoms with Gasteiger partial charge in [-0.2, -0.15) is 4.31 Å². The standard InChI is InChI=1S/C13H16FNO3S/c1-3-15(4-2)19(17,18)13-8-7-11(6-5-9-16)10-12(13)14/h7-8,10,16H,3-4,9H2,1-2H3. The smallest absolute Gasteiger partial charge is 0.245 e. The molecular weight excluding hydrogens is 269 g/mol. The summed E-state index contributed by atoms with van der Waals surface area (Å²) in [6, 6.07) is 3.67. The molecule has 1 aromatic carbocycles. The van der Waals surface area contributed by atoms with Crippen molar-refractivity contribution in [2.75, 3.05) is 19.7 Å². The van der Waals surface area contributed by atoms with E-state index in [1.807, 2.05) is 0 Å².